The fraction of sp³-hybridized carbons (Fsp3) is 0.231. The van der Waals surface area contributed by atoms with Crippen molar-refractivity contribution in [1.29, 1.82) is 0 Å². The van der Waals surface area contributed by atoms with Crippen molar-refractivity contribution in [2.45, 2.75) is 13.0 Å². The number of carbonyl (C=O) groups is 2. The number of allylic oxidation sites excluding steroid dienone is 1. The Bertz CT molecular complexity index is 701. The van der Waals surface area contributed by atoms with Gasteiger partial charge in [0.25, 0.3) is 5.69 Å². The Morgan fingerprint density at radius 3 is 2.73 bits per heavy atom. The molecule has 2 N–H and O–H groups in total. The number of halogens is 1. The summed E-state index contributed by atoms with van der Waals surface area (Å²) in [4.78, 5) is 33.9. The highest BCUT2D eigenvalue weighted by atomic mass is 35.5. The number of nitro groups is 1. The largest absolute Gasteiger partial charge is 0.466 e. The number of esters is 1. The zero-order valence-corrected chi connectivity index (χ0v) is 12.4. The third-order valence-corrected chi connectivity index (χ3v) is 3.49. The third kappa shape index (κ3) is 2.86. The quantitative estimate of drug-likeness (QED) is 0.502. The standard InChI is InChI=1S/C13H12ClN3O5/c1-6-10(12(18)22-2)11(16-13(19)15-6)7-3-4-8(14)9(5-7)17(20)21/h3-5,11H,1-2H3,(H2,15,16,19). The summed E-state index contributed by atoms with van der Waals surface area (Å²) in [5.41, 5.74) is 0.524. The first-order valence-electron chi connectivity index (χ1n) is 6.15. The van der Waals surface area contributed by atoms with Gasteiger partial charge in [-0.2, -0.15) is 0 Å². The van der Waals surface area contributed by atoms with Gasteiger partial charge in [-0.3, -0.25) is 10.1 Å². The van der Waals surface area contributed by atoms with E-state index in [4.69, 9.17) is 16.3 Å². The van der Waals surface area contributed by atoms with Gasteiger partial charge in [-0.1, -0.05) is 17.7 Å². The second-order valence-electron chi connectivity index (χ2n) is 4.53. The average Bonchev–Trinajstić information content (AvgIpc) is 2.46. The molecule has 1 aliphatic rings. The van der Waals surface area contributed by atoms with E-state index in [9.17, 15) is 19.7 Å². The van der Waals surface area contributed by atoms with Gasteiger partial charge in [0.15, 0.2) is 0 Å². The zero-order chi connectivity index (χ0) is 16.4. The van der Waals surface area contributed by atoms with Gasteiger partial charge in [-0.05, 0) is 18.6 Å². The van der Waals surface area contributed by atoms with Gasteiger partial charge in [0, 0.05) is 11.8 Å². The molecule has 0 saturated heterocycles. The highest BCUT2D eigenvalue weighted by molar-refractivity contribution is 6.32. The molecule has 22 heavy (non-hydrogen) atoms. The van der Waals surface area contributed by atoms with Crippen LogP contribution in [-0.2, 0) is 9.53 Å². The Morgan fingerprint density at radius 1 is 1.45 bits per heavy atom. The number of benzene rings is 1. The molecule has 2 amide bonds. The second-order valence-corrected chi connectivity index (χ2v) is 4.94. The monoisotopic (exact) mass is 325 g/mol. The minimum atomic E-state index is -0.864. The van der Waals surface area contributed by atoms with E-state index in [1.54, 1.807) is 6.92 Å². The van der Waals surface area contributed by atoms with Crippen molar-refractivity contribution in [3.63, 3.8) is 0 Å². The molecular formula is C13H12ClN3O5. The van der Waals surface area contributed by atoms with Gasteiger partial charge in [-0.25, -0.2) is 9.59 Å². The number of rotatable bonds is 3. The van der Waals surface area contributed by atoms with Crippen molar-refractivity contribution in [2.24, 2.45) is 0 Å². The fourth-order valence-corrected chi connectivity index (χ4v) is 2.36. The van der Waals surface area contributed by atoms with E-state index >= 15 is 0 Å². The normalized spacial score (nSPS) is 17.6. The molecule has 9 heteroatoms. The molecule has 1 heterocycles. The lowest BCUT2D eigenvalue weighted by Gasteiger charge is -2.27. The predicted octanol–water partition coefficient (Wildman–Crippen LogP) is 2.05. The fourth-order valence-electron chi connectivity index (χ4n) is 2.17. The number of nitro benzene ring substituents is 1. The number of hydrogen-bond acceptors (Lipinski definition) is 5. The van der Waals surface area contributed by atoms with Gasteiger partial charge in [0.1, 0.15) is 5.02 Å². The molecule has 116 valence electrons. The summed E-state index contributed by atoms with van der Waals surface area (Å²) < 4.78 is 4.70. The number of amides is 2. The molecule has 0 aliphatic carbocycles. The summed E-state index contributed by atoms with van der Waals surface area (Å²) in [6.45, 7) is 1.54. The van der Waals surface area contributed by atoms with E-state index in [2.05, 4.69) is 10.6 Å². The topological polar surface area (TPSA) is 111 Å². The van der Waals surface area contributed by atoms with Crippen LogP contribution >= 0.6 is 11.6 Å². The number of methoxy groups -OCH3 is 1. The summed E-state index contributed by atoms with van der Waals surface area (Å²) >= 11 is 5.77. The first kappa shape index (κ1) is 15.8. The SMILES string of the molecule is COC(=O)C1=C(C)NC(=O)NC1c1ccc(Cl)c([N+](=O)[O-])c1. The van der Waals surface area contributed by atoms with E-state index in [-0.39, 0.29) is 16.3 Å². The molecule has 0 fully saturated rings. The Balaban J connectivity index is 2.55. The van der Waals surface area contributed by atoms with Crippen LogP contribution in [0.3, 0.4) is 0 Å². The van der Waals surface area contributed by atoms with Crippen LogP contribution in [0.25, 0.3) is 0 Å². The molecule has 8 nitrogen and oxygen atoms in total. The number of urea groups is 1. The number of nitrogens with one attached hydrogen (secondary N) is 2. The lowest BCUT2D eigenvalue weighted by atomic mass is 9.95. The van der Waals surface area contributed by atoms with Crippen molar-refractivity contribution in [3.8, 4) is 0 Å². The predicted molar refractivity (Wildman–Crippen MR) is 77.2 cm³/mol. The second kappa shape index (κ2) is 6.02. The summed E-state index contributed by atoms with van der Waals surface area (Å²) in [5, 5.41) is 15.9. The molecule has 1 unspecified atom stereocenters. The minimum Gasteiger partial charge on any atom is -0.466 e. The number of ether oxygens (including phenoxy) is 1. The molecular weight excluding hydrogens is 314 g/mol. The Kier molecular flexibility index (Phi) is 4.32. The maximum Gasteiger partial charge on any atom is 0.337 e. The van der Waals surface area contributed by atoms with Gasteiger partial charge < -0.3 is 15.4 Å². The lowest BCUT2D eigenvalue weighted by molar-refractivity contribution is -0.384. The van der Waals surface area contributed by atoms with Crippen molar-refractivity contribution >= 4 is 29.3 Å². The van der Waals surface area contributed by atoms with Crippen molar-refractivity contribution in [3.05, 3.63) is 50.2 Å². The Hall–Kier alpha value is -2.61. The summed E-state index contributed by atoms with van der Waals surface area (Å²) in [6, 6.07) is 2.68. The molecule has 1 aromatic rings. The molecule has 0 bridgehead atoms. The smallest absolute Gasteiger partial charge is 0.337 e. The summed E-state index contributed by atoms with van der Waals surface area (Å²) in [5.74, 6) is -0.646. The van der Waals surface area contributed by atoms with E-state index in [1.807, 2.05) is 0 Å². The van der Waals surface area contributed by atoms with Crippen molar-refractivity contribution in [2.75, 3.05) is 7.11 Å². The van der Waals surface area contributed by atoms with Gasteiger partial charge in [-0.15, -0.1) is 0 Å². The maximum absolute atomic E-state index is 11.9. The summed E-state index contributed by atoms with van der Waals surface area (Å²) in [6.07, 6.45) is 0. The molecule has 1 aromatic carbocycles. The van der Waals surface area contributed by atoms with E-state index in [0.717, 1.165) is 0 Å². The van der Waals surface area contributed by atoms with Crippen LogP contribution in [0.2, 0.25) is 5.02 Å². The molecule has 1 aliphatic heterocycles. The molecule has 0 spiro atoms. The highest BCUT2D eigenvalue weighted by Crippen LogP contribution is 2.32. The number of hydrogen-bond donors (Lipinski definition) is 2. The van der Waals surface area contributed by atoms with E-state index in [0.29, 0.717) is 11.3 Å². The maximum atomic E-state index is 11.9. The van der Waals surface area contributed by atoms with Crippen LogP contribution in [0.1, 0.15) is 18.5 Å². The first-order valence-corrected chi connectivity index (χ1v) is 6.53. The summed E-state index contributed by atoms with van der Waals surface area (Å²) in [7, 11) is 1.21. The van der Waals surface area contributed by atoms with Crippen LogP contribution < -0.4 is 10.6 Å². The van der Waals surface area contributed by atoms with Gasteiger partial charge in [0.2, 0.25) is 0 Å². The van der Waals surface area contributed by atoms with Gasteiger partial charge in [0.05, 0.1) is 23.6 Å². The highest BCUT2D eigenvalue weighted by Gasteiger charge is 2.32. The first-order chi connectivity index (χ1) is 10.3. The third-order valence-electron chi connectivity index (χ3n) is 3.17. The van der Waals surface area contributed by atoms with Crippen LogP contribution in [0.4, 0.5) is 10.5 Å². The van der Waals surface area contributed by atoms with E-state index < -0.39 is 23.0 Å². The van der Waals surface area contributed by atoms with Crippen molar-refractivity contribution in [1.82, 2.24) is 10.6 Å². The van der Waals surface area contributed by atoms with Gasteiger partial charge >= 0.3 is 12.0 Å². The van der Waals surface area contributed by atoms with Crippen LogP contribution in [0, 0.1) is 10.1 Å². The molecule has 2 rings (SSSR count). The molecule has 1 atom stereocenters. The van der Waals surface area contributed by atoms with Crippen molar-refractivity contribution < 1.29 is 19.2 Å². The van der Waals surface area contributed by atoms with Crippen LogP contribution in [0.15, 0.2) is 29.5 Å². The molecule has 0 radical (unpaired) electrons. The number of nitrogens with zero attached hydrogens (tertiary/aromatic N) is 1. The zero-order valence-electron chi connectivity index (χ0n) is 11.7. The van der Waals surface area contributed by atoms with E-state index in [1.165, 1.54) is 25.3 Å². The minimum absolute atomic E-state index is 0.0330. The lowest BCUT2D eigenvalue weighted by Crippen LogP contribution is -2.45. The van der Waals surface area contributed by atoms with Crippen LogP contribution in [0.5, 0.6) is 0 Å². The Labute approximate surface area is 130 Å². The average molecular weight is 326 g/mol. The number of carbonyl (C=O) groups excluding carboxylic acids is 2. The molecule has 0 aromatic heterocycles. The molecule has 0 saturated carbocycles. The Morgan fingerprint density at radius 2 is 2.14 bits per heavy atom. The van der Waals surface area contributed by atoms with Crippen LogP contribution in [-0.4, -0.2) is 24.0 Å².